The fourth-order valence-electron chi connectivity index (χ4n) is 2.45. The summed E-state index contributed by atoms with van der Waals surface area (Å²) in [7, 11) is 4.06. The molecule has 0 spiro atoms. The van der Waals surface area contributed by atoms with Gasteiger partial charge in [-0.2, -0.15) is 0 Å². The van der Waals surface area contributed by atoms with Gasteiger partial charge in [0.05, 0.1) is 10.7 Å². The van der Waals surface area contributed by atoms with Crippen LogP contribution in [-0.4, -0.2) is 31.0 Å². The summed E-state index contributed by atoms with van der Waals surface area (Å²) >= 11 is 1.63. The predicted molar refractivity (Wildman–Crippen MR) is 97.2 cm³/mol. The molecule has 5 heteroatoms. The number of nitrogens with zero attached hydrogens (tertiary/aromatic N) is 2. The van der Waals surface area contributed by atoms with Crippen LogP contribution in [0.1, 0.15) is 29.6 Å². The Balaban J connectivity index is 1.77. The van der Waals surface area contributed by atoms with E-state index < -0.39 is 0 Å². The van der Waals surface area contributed by atoms with Crippen molar-refractivity contribution >= 4 is 22.9 Å². The molecule has 2 rings (SSSR count). The van der Waals surface area contributed by atoms with Crippen LogP contribution in [0, 0.1) is 6.92 Å². The van der Waals surface area contributed by atoms with Crippen molar-refractivity contribution in [2.45, 2.75) is 39.2 Å². The molecular weight excluding hydrogens is 306 g/mol. The molecule has 2 aromatic rings. The van der Waals surface area contributed by atoms with Gasteiger partial charge < -0.3 is 10.2 Å². The molecule has 0 bridgehead atoms. The largest absolute Gasteiger partial charge is 0.378 e. The minimum atomic E-state index is 0.0908. The van der Waals surface area contributed by atoms with E-state index in [1.54, 1.807) is 11.3 Å². The zero-order valence-electron chi connectivity index (χ0n) is 14.3. The van der Waals surface area contributed by atoms with Crippen molar-refractivity contribution in [1.29, 1.82) is 0 Å². The van der Waals surface area contributed by atoms with Gasteiger partial charge in [0.2, 0.25) is 5.91 Å². The Morgan fingerprint density at radius 1 is 1.30 bits per heavy atom. The molecule has 1 aromatic carbocycles. The number of benzene rings is 1. The number of carbonyl (C=O) groups is 1. The molecule has 4 nitrogen and oxygen atoms in total. The Morgan fingerprint density at radius 3 is 2.57 bits per heavy atom. The number of nitrogens with one attached hydrogen (secondary N) is 1. The summed E-state index contributed by atoms with van der Waals surface area (Å²) < 4.78 is 0. The van der Waals surface area contributed by atoms with Gasteiger partial charge >= 0.3 is 0 Å². The summed E-state index contributed by atoms with van der Waals surface area (Å²) in [5.41, 5.74) is 3.43. The quantitative estimate of drug-likeness (QED) is 0.847. The molecule has 0 aliphatic heterocycles. The molecule has 0 aliphatic rings. The lowest BCUT2D eigenvalue weighted by molar-refractivity contribution is -0.121. The number of thiazole rings is 1. The highest BCUT2D eigenvalue weighted by atomic mass is 32.1. The second-order valence-corrected chi connectivity index (χ2v) is 7.15. The van der Waals surface area contributed by atoms with Crippen LogP contribution in [-0.2, 0) is 17.6 Å². The second kappa shape index (κ2) is 8.11. The number of amides is 1. The van der Waals surface area contributed by atoms with Crippen molar-refractivity contribution in [2.75, 3.05) is 19.0 Å². The SMILES string of the molecule is Cc1nc(CCC(=O)N[C@H](C)Cc2ccc(N(C)C)cc2)cs1. The van der Waals surface area contributed by atoms with Gasteiger partial charge in [-0.25, -0.2) is 4.98 Å². The third-order valence-electron chi connectivity index (χ3n) is 3.68. The minimum absolute atomic E-state index is 0.0908. The van der Waals surface area contributed by atoms with E-state index in [1.165, 1.54) is 11.3 Å². The number of hydrogen-bond donors (Lipinski definition) is 1. The van der Waals surface area contributed by atoms with Gasteiger partial charge in [0.25, 0.3) is 0 Å². The van der Waals surface area contributed by atoms with Gasteiger partial charge in [-0.05, 0) is 44.4 Å². The number of hydrogen-bond acceptors (Lipinski definition) is 4. The van der Waals surface area contributed by atoms with Crippen LogP contribution in [0.5, 0.6) is 0 Å². The van der Waals surface area contributed by atoms with Crippen LogP contribution in [0.15, 0.2) is 29.6 Å². The van der Waals surface area contributed by atoms with Gasteiger partial charge in [-0.3, -0.25) is 4.79 Å². The minimum Gasteiger partial charge on any atom is -0.378 e. The van der Waals surface area contributed by atoms with E-state index in [0.29, 0.717) is 12.8 Å². The van der Waals surface area contributed by atoms with E-state index in [2.05, 4.69) is 39.5 Å². The first-order valence-electron chi connectivity index (χ1n) is 7.90. The molecule has 0 aliphatic carbocycles. The summed E-state index contributed by atoms with van der Waals surface area (Å²) in [5, 5.41) is 6.15. The maximum Gasteiger partial charge on any atom is 0.220 e. The van der Waals surface area contributed by atoms with Crippen molar-refractivity contribution in [1.82, 2.24) is 10.3 Å². The number of aryl methyl sites for hydroxylation is 2. The van der Waals surface area contributed by atoms with Crippen molar-refractivity contribution in [3.05, 3.63) is 45.9 Å². The fraction of sp³-hybridized carbons (Fsp3) is 0.444. The monoisotopic (exact) mass is 331 g/mol. The van der Waals surface area contributed by atoms with Crippen LogP contribution in [0.25, 0.3) is 0 Å². The van der Waals surface area contributed by atoms with Gasteiger partial charge in [-0.15, -0.1) is 11.3 Å². The highest BCUT2D eigenvalue weighted by Gasteiger charge is 2.09. The highest BCUT2D eigenvalue weighted by molar-refractivity contribution is 7.09. The zero-order valence-corrected chi connectivity index (χ0v) is 15.1. The molecule has 0 unspecified atom stereocenters. The Labute approximate surface area is 142 Å². The van der Waals surface area contributed by atoms with E-state index in [1.807, 2.05) is 33.3 Å². The van der Waals surface area contributed by atoms with Crippen LogP contribution in [0.3, 0.4) is 0 Å². The van der Waals surface area contributed by atoms with E-state index in [9.17, 15) is 4.79 Å². The first-order chi connectivity index (χ1) is 10.9. The van der Waals surface area contributed by atoms with Crippen LogP contribution in [0.2, 0.25) is 0 Å². The van der Waals surface area contributed by atoms with Gasteiger partial charge in [-0.1, -0.05) is 12.1 Å². The zero-order chi connectivity index (χ0) is 16.8. The molecule has 0 saturated heterocycles. The molecule has 0 saturated carbocycles. The van der Waals surface area contributed by atoms with E-state index in [4.69, 9.17) is 0 Å². The van der Waals surface area contributed by atoms with Crippen molar-refractivity contribution in [2.24, 2.45) is 0 Å². The molecule has 1 N–H and O–H groups in total. The van der Waals surface area contributed by atoms with Gasteiger partial charge in [0, 0.05) is 37.6 Å². The van der Waals surface area contributed by atoms with Crippen LogP contribution >= 0.6 is 11.3 Å². The lowest BCUT2D eigenvalue weighted by Gasteiger charge is -2.16. The lowest BCUT2D eigenvalue weighted by Crippen LogP contribution is -2.34. The molecule has 1 aromatic heterocycles. The molecule has 0 radical (unpaired) electrons. The van der Waals surface area contributed by atoms with Crippen molar-refractivity contribution < 1.29 is 4.79 Å². The third kappa shape index (κ3) is 5.67. The third-order valence-corrected chi connectivity index (χ3v) is 4.50. The lowest BCUT2D eigenvalue weighted by atomic mass is 10.1. The summed E-state index contributed by atoms with van der Waals surface area (Å²) in [4.78, 5) is 18.5. The smallest absolute Gasteiger partial charge is 0.220 e. The number of carbonyl (C=O) groups excluding carboxylic acids is 1. The highest BCUT2D eigenvalue weighted by Crippen LogP contribution is 2.14. The maximum absolute atomic E-state index is 12.0. The molecule has 124 valence electrons. The molecule has 23 heavy (non-hydrogen) atoms. The average molecular weight is 331 g/mol. The van der Waals surface area contributed by atoms with E-state index in [0.717, 1.165) is 17.1 Å². The topological polar surface area (TPSA) is 45.2 Å². The molecular formula is C18H25N3OS. The Kier molecular flexibility index (Phi) is 6.16. The number of aromatic nitrogens is 1. The van der Waals surface area contributed by atoms with Crippen molar-refractivity contribution in [3.8, 4) is 0 Å². The van der Waals surface area contributed by atoms with Crippen LogP contribution in [0.4, 0.5) is 5.69 Å². The molecule has 0 fully saturated rings. The Hall–Kier alpha value is -1.88. The predicted octanol–water partition coefficient (Wildman–Crippen LogP) is 3.20. The summed E-state index contributed by atoms with van der Waals surface area (Å²) in [6.45, 7) is 4.03. The molecule has 1 atom stereocenters. The van der Waals surface area contributed by atoms with E-state index in [-0.39, 0.29) is 11.9 Å². The maximum atomic E-state index is 12.0. The average Bonchev–Trinajstić information content (AvgIpc) is 2.91. The second-order valence-electron chi connectivity index (χ2n) is 6.09. The van der Waals surface area contributed by atoms with Crippen molar-refractivity contribution in [3.63, 3.8) is 0 Å². The molecule has 1 amide bonds. The van der Waals surface area contributed by atoms with Gasteiger partial charge in [0.1, 0.15) is 0 Å². The fourth-order valence-corrected chi connectivity index (χ4v) is 3.09. The summed E-state index contributed by atoms with van der Waals surface area (Å²) in [6, 6.07) is 8.58. The first-order valence-corrected chi connectivity index (χ1v) is 8.78. The Morgan fingerprint density at radius 2 is 2.00 bits per heavy atom. The molecule has 1 heterocycles. The van der Waals surface area contributed by atoms with Crippen LogP contribution < -0.4 is 10.2 Å². The standard InChI is InChI=1S/C18H25N3OS/c1-13(11-15-5-8-17(9-6-15)21(3)4)19-18(22)10-7-16-12-23-14(2)20-16/h5-6,8-9,12-13H,7,10-11H2,1-4H3,(H,19,22)/t13-/m1/s1. The normalized spacial score (nSPS) is 12.0. The number of anilines is 1. The van der Waals surface area contributed by atoms with Gasteiger partial charge in [0.15, 0.2) is 0 Å². The summed E-state index contributed by atoms with van der Waals surface area (Å²) in [5.74, 6) is 0.0908. The summed E-state index contributed by atoms with van der Waals surface area (Å²) in [6.07, 6.45) is 2.04. The first kappa shape index (κ1) is 17.5. The Bertz CT molecular complexity index is 634. The van der Waals surface area contributed by atoms with E-state index >= 15 is 0 Å². The number of rotatable bonds is 7.